The predicted octanol–water partition coefficient (Wildman–Crippen LogP) is 3.04. The molecule has 3 aromatic rings. The molecule has 0 saturated carbocycles. The molecule has 0 aliphatic carbocycles. The van der Waals surface area contributed by atoms with Crippen LogP contribution < -0.4 is 24.4 Å². The number of methoxy groups -OCH3 is 1. The molecule has 2 heterocycles. The summed E-state index contributed by atoms with van der Waals surface area (Å²) in [6.45, 7) is 5.07. The number of rotatable bonds is 8. The van der Waals surface area contributed by atoms with E-state index in [4.69, 9.17) is 20.6 Å². The van der Waals surface area contributed by atoms with Crippen molar-refractivity contribution in [2.45, 2.75) is 26.8 Å². The van der Waals surface area contributed by atoms with E-state index in [1.54, 1.807) is 57.2 Å². The van der Waals surface area contributed by atoms with Crippen molar-refractivity contribution in [3.8, 4) is 23.8 Å². The molecule has 0 amide bonds. The Hall–Kier alpha value is -4.69. The highest BCUT2D eigenvalue weighted by Crippen LogP contribution is 2.33. The van der Waals surface area contributed by atoms with Crippen molar-refractivity contribution < 1.29 is 23.9 Å². The monoisotopic (exact) mass is 547 g/mol. The molecule has 0 fully saturated rings. The standard InChI is InChI=1S/C28H25N3O7S/c1-6-12-38-22-11-10-20(36-5)13-19(22)15-23-26(32)30-25(18-9-8-16(3)21(14-18)31(34)35)24(27(33)37-7-2)17(4)29-28(30)39-23/h1,8-11,13-15,25H,7,12H2,2-5H3/b23-15-/t25-/m0/s1. The van der Waals surface area contributed by atoms with Crippen LogP contribution in [0.15, 0.2) is 57.5 Å². The van der Waals surface area contributed by atoms with Gasteiger partial charge in [0.15, 0.2) is 4.80 Å². The van der Waals surface area contributed by atoms with E-state index in [9.17, 15) is 19.7 Å². The highest BCUT2D eigenvalue weighted by Gasteiger charge is 2.34. The summed E-state index contributed by atoms with van der Waals surface area (Å²) in [7, 11) is 1.52. The van der Waals surface area contributed by atoms with Gasteiger partial charge >= 0.3 is 5.97 Å². The van der Waals surface area contributed by atoms with Crippen molar-refractivity contribution in [2.24, 2.45) is 4.99 Å². The number of carbonyl (C=O) groups excluding carboxylic acids is 1. The second kappa shape index (κ2) is 11.4. The van der Waals surface area contributed by atoms with Gasteiger partial charge in [0.25, 0.3) is 11.2 Å². The average molecular weight is 548 g/mol. The first kappa shape index (κ1) is 27.3. The molecule has 0 radical (unpaired) electrons. The van der Waals surface area contributed by atoms with Crippen molar-refractivity contribution in [1.82, 2.24) is 4.57 Å². The van der Waals surface area contributed by atoms with Crippen molar-refractivity contribution in [2.75, 3.05) is 20.3 Å². The van der Waals surface area contributed by atoms with Crippen LogP contribution in [0, 0.1) is 29.4 Å². The van der Waals surface area contributed by atoms with Gasteiger partial charge in [-0.3, -0.25) is 19.5 Å². The van der Waals surface area contributed by atoms with Gasteiger partial charge in [0, 0.05) is 17.2 Å². The zero-order valence-electron chi connectivity index (χ0n) is 21.7. The van der Waals surface area contributed by atoms with Crippen molar-refractivity contribution >= 4 is 29.1 Å². The lowest BCUT2D eigenvalue weighted by molar-refractivity contribution is -0.385. The largest absolute Gasteiger partial charge is 0.497 e. The molecule has 1 atom stereocenters. The maximum absolute atomic E-state index is 13.9. The molecule has 200 valence electrons. The number of benzene rings is 2. The summed E-state index contributed by atoms with van der Waals surface area (Å²) in [5.41, 5.74) is 1.32. The van der Waals surface area contributed by atoms with E-state index in [1.165, 1.54) is 17.7 Å². The normalized spacial score (nSPS) is 14.7. The van der Waals surface area contributed by atoms with Gasteiger partial charge in [0.1, 0.15) is 18.1 Å². The topological polar surface area (TPSA) is 122 Å². The minimum absolute atomic E-state index is 0.0305. The summed E-state index contributed by atoms with van der Waals surface area (Å²) in [6, 6.07) is 8.76. The number of ether oxygens (including phenoxy) is 3. The molecule has 0 unspecified atom stereocenters. The number of thiazole rings is 1. The molecule has 4 rings (SSSR count). The van der Waals surface area contributed by atoms with Crippen LogP contribution in [-0.2, 0) is 9.53 Å². The highest BCUT2D eigenvalue weighted by atomic mass is 32.1. The molecule has 0 saturated heterocycles. The first-order chi connectivity index (χ1) is 18.7. The summed E-state index contributed by atoms with van der Waals surface area (Å²) in [4.78, 5) is 43.0. The number of allylic oxidation sites excluding steroid dienone is 1. The third-order valence-electron chi connectivity index (χ3n) is 6.08. The lowest BCUT2D eigenvalue weighted by Crippen LogP contribution is -2.40. The Balaban J connectivity index is 1.99. The molecular weight excluding hydrogens is 522 g/mol. The molecule has 0 N–H and O–H groups in total. The molecular formula is C28H25N3O7S. The van der Waals surface area contributed by atoms with E-state index >= 15 is 0 Å². The van der Waals surface area contributed by atoms with Crippen LogP contribution in [0.5, 0.6) is 11.5 Å². The number of nitrogens with zero attached hydrogens (tertiary/aromatic N) is 3. The smallest absolute Gasteiger partial charge is 0.338 e. The number of fused-ring (bicyclic) bond motifs is 1. The molecule has 2 aromatic carbocycles. The SMILES string of the molecule is C#CCOc1ccc(OC)cc1/C=c1\sc2n(c1=O)[C@@H](c1ccc(C)c([N+](=O)[O-])c1)C(C(=O)OCC)=C(C)N=2. The molecule has 1 aromatic heterocycles. The number of nitro benzene ring substituents is 1. The minimum atomic E-state index is -0.982. The zero-order chi connectivity index (χ0) is 28.3. The Kier molecular flexibility index (Phi) is 7.97. The molecule has 1 aliphatic heterocycles. The van der Waals surface area contributed by atoms with E-state index in [0.717, 1.165) is 11.3 Å². The van der Waals surface area contributed by atoms with E-state index in [1.807, 2.05) is 0 Å². The number of hydrogen-bond acceptors (Lipinski definition) is 9. The molecule has 10 nitrogen and oxygen atoms in total. The van der Waals surface area contributed by atoms with Gasteiger partial charge in [-0.05, 0) is 50.6 Å². The lowest BCUT2D eigenvalue weighted by Gasteiger charge is -2.24. The summed E-state index contributed by atoms with van der Waals surface area (Å²) >= 11 is 1.12. The lowest BCUT2D eigenvalue weighted by atomic mass is 9.94. The first-order valence-electron chi connectivity index (χ1n) is 11.9. The average Bonchev–Trinajstić information content (AvgIpc) is 3.21. The number of hydrogen-bond donors (Lipinski definition) is 0. The molecule has 0 bridgehead atoms. The number of nitro groups is 1. The molecule has 39 heavy (non-hydrogen) atoms. The second-order valence-corrected chi connectivity index (χ2v) is 9.51. The van der Waals surface area contributed by atoms with Crippen LogP contribution in [0.2, 0.25) is 0 Å². The Labute approximate surface area is 227 Å². The highest BCUT2D eigenvalue weighted by molar-refractivity contribution is 7.07. The van der Waals surface area contributed by atoms with Crippen LogP contribution in [0.3, 0.4) is 0 Å². The van der Waals surface area contributed by atoms with E-state index in [2.05, 4.69) is 10.9 Å². The number of aromatic nitrogens is 1. The summed E-state index contributed by atoms with van der Waals surface area (Å²) in [5.74, 6) is 2.76. The Morgan fingerprint density at radius 1 is 1.28 bits per heavy atom. The van der Waals surface area contributed by atoms with Crippen LogP contribution in [0.4, 0.5) is 5.69 Å². The van der Waals surface area contributed by atoms with E-state index in [-0.39, 0.29) is 24.5 Å². The predicted molar refractivity (Wildman–Crippen MR) is 146 cm³/mol. The van der Waals surface area contributed by atoms with Crippen molar-refractivity contribution in [3.63, 3.8) is 0 Å². The van der Waals surface area contributed by atoms with Crippen molar-refractivity contribution in [3.05, 3.63) is 94.2 Å². The van der Waals surface area contributed by atoms with Gasteiger partial charge in [0.05, 0.1) is 40.5 Å². The van der Waals surface area contributed by atoms with Gasteiger partial charge in [-0.2, -0.15) is 0 Å². The third kappa shape index (κ3) is 5.32. The fraction of sp³-hybridized carbons (Fsp3) is 0.250. The molecule has 0 spiro atoms. The quantitative estimate of drug-likeness (QED) is 0.184. The van der Waals surface area contributed by atoms with E-state index < -0.39 is 22.5 Å². The number of carbonyl (C=O) groups is 1. The minimum Gasteiger partial charge on any atom is -0.497 e. The first-order valence-corrected chi connectivity index (χ1v) is 12.7. The summed E-state index contributed by atoms with van der Waals surface area (Å²) < 4.78 is 17.9. The van der Waals surface area contributed by atoms with Gasteiger partial charge in [-0.1, -0.05) is 29.4 Å². The second-order valence-electron chi connectivity index (χ2n) is 8.50. The third-order valence-corrected chi connectivity index (χ3v) is 7.06. The van der Waals surface area contributed by atoms with Crippen molar-refractivity contribution in [1.29, 1.82) is 0 Å². The number of terminal acetylenes is 1. The Bertz CT molecular complexity index is 1730. The van der Waals surface area contributed by atoms with Crippen LogP contribution in [0.1, 0.15) is 36.6 Å². The number of aryl methyl sites for hydroxylation is 1. The fourth-order valence-electron chi connectivity index (χ4n) is 4.26. The maximum atomic E-state index is 13.9. The Morgan fingerprint density at radius 2 is 2.05 bits per heavy atom. The van der Waals surface area contributed by atoms with Gasteiger partial charge in [0.2, 0.25) is 0 Å². The van der Waals surface area contributed by atoms with Gasteiger partial charge in [-0.15, -0.1) is 6.42 Å². The summed E-state index contributed by atoms with van der Waals surface area (Å²) in [5, 5.41) is 11.7. The van der Waals surface area contributed by atoms with E-state index in [0.29, 0.717) is 43.2 Å². The molecule has 1 aliphatic rings. The van der Waals surface area contributed by atoms with Gasteiger partial charge < -0.3 is 14.2 Å². The van der Waals surface area contributed by atoms with Crippen LogP contribution in [-0.4, -0.2) is 35.8 Å². The zero-order valence-corrected chi connectivity index (χ0v) is 22.5. The number of esters is 1. The van der Waals surface area contributed by atoms with Crippen LogP contribution >= 0.6 is 11.3 Å². The maximum Gasteiger partial charge on any atom is 0.338 e. The molecule has 11 heteroatoms. The van der Waals surface area contributed by atoms with Crippen LogP contribution in [0.25, 0.3) is 6.08 Å². The van der Waals surface area contributed by atoms with Gasteiger partial charge in [-0.25, -0.2) is 9.79 Å². The fourth-order valence-corrected chi connectivity index (χ4v) is 5.30. The summed E-state index contributed by atoms with van der Waals surface area (Å²) in [6.07, 6.45) is 6.98. The Morgan fingerprint density at radius 3 is 2.72 bits per heavy atom.